The summed E-state index contributed by atoms with van der Waals surface area (Å²) in [7, 11) is 0. The lowest BCUT2D eigenvalue weighted by Crippen LogP contribution is -1.94. The minimum absolute atomic E-state index is 0.977. The lowest BCUT2D eigenvalue weighted by atomic mass is 9.90. The maximum atomic E-state index is 5.58. The van der Waals surface area contributed by atoms with Gasteiger partial charge in [0.1, 0.15) is 0 Å². The molecule has 0 unspecified atom stereocenters. The molecule has 0 aliphatic rings. The molecule has 0 radical (unpaired) electrons. The third-order valence-electron chi connectivity index (χ3n) is 10.3. The van der Waals surface area contributed by atoms with Crippen LogP contribution in [0.25, 0.3) is 109 Å². The lowest BCUT2D eigenvalue weighted by Gasteiger charge is -2.17. The van der Waals surface area contributed by atoms with Crippen molar-refractivity contribution in [3.63, 3.8) is 0 Å². The van der Waals surface area contributed by atoms with Crippen molar-refractivity contribution in [3.05, 3.63) is 158 Å². The van der Waals surface area contributed by atoms with Crippen LogP contribution in [0.1, 0.15) is 0 Å². The van der Waals surface area contributed by atoms with E-state index in [2.05, 4.69) is 146 Å². The summed E-state index contributed by atoms with van der Waals surface area (Å²) < 4.78 is 0. The molecule has 0 amide bonds. The molecule has 9 aromatic carbocycles. The van der Waals surface area contributed by atoms with E-state index in [1.54, 1.807) is 0 Å². The minimum Gasteiger partial charge on any atom is -0.256 e. The molecule has 2 nitrogen and oxygen atoms in total. The Hall–Kier alpha value is -6.38. The Labute approximate surface area is 275 Å². The second-order valence-electron chi connectivity index (χ2n) is 12.9. The Morgan fingerprint density at radius 2 is 0.896 bits per heavy atom. The summed E-state index contributed by atoms with van der Waals surface area (Å²) in [5.74, 6) is 0. The first kappa shape index (κ1) is 25.8. The maximum Gasteiger partial charge on any atom is 0.0801 e. The van der Waals surface area contributed by atoms with Gasteiger partial charge in [0, 0.05) is 38.7 Å². The summed E-state index contributed by atoms with van der Waals surface area (Å²) >= 11 is 0. The van der Waals surface area contributed by atoms with E-state index in [0.717, 1.165) is 49.2 Å². The highest BCUT2D eigenvalue weighted by atomic mass is 14.7. The number of rotatable bonds is 2. The minimum atomic E-state index is 0.977. The predicted octanol–water partition coefficient (Wildman–Crippen LogP) is 12.5. The van der Waals surface area contributed by atoms with E-state index in [0.29, 0.717) is 0 Å². The zero-order valence-corrected chi connectivity index (χ0v) is 25.9. The molecule has 11 aromatic rings. The number of aromatic nitrogens is 2. The van der Waals surface area contributed by atoms with E-state index in [-0.39, 0.29) is 0 Å². The number of pyridine rings is 2. The third kappa shape index (κ3) is 3.52. The van der Waals surface area contributed by atoms with Crippen LogP contribution in [-0.4, -0.2) is 9.97 Å². The zero-order valence-electron chi connectivity index (χ0n) is 25.9. The Kier molecular flexibility index (Phi) is 5.14. The van der Waals surface area contributed by atoms with Crippen molar-refractivity contribution in [1.82, 2.24) is 9.97 Å². The molecule has 0 N–H and O–H groups in total. The maximum absolute atomic E-state index is 5.58. The van der Waals surface area contributed by atoms with Gasteiger partial charge in [-0.1, -0.05) is 127 Å². The highest BCUT2D eigenvalue weighted by Crippen LogP contribution is 2.44. The molecule has 0 spiro atoms. The van der Waals surface area contributed by atoms with Crippen molar-refractivity contribution in [2.24, 2.45) is 0 Å². The summed E-state index contributed by atoms with van der Waals surface area (Å²) in [6.45, 7) is 0. The molecule has 2 heterocycles. The van der Waals surface area contributed by atoms with E-state index in [9.17, 15) is 0 Å². The molecule has 0 atom stereocenters. The van der Waals surface area contributed by atoms with Gasteiger partial charge in [-0.25, -0.2) is 4.98 Å². The molecule has 0 fully saturated rings. The third-order valence-corrected chi connectivity index (χ3v) is 10.3. The second kappa shape index (κ2) is 9.57. The smallest absolute Gasteiger partial charge is 0.0801 e. The fraction of sp³-hybridized carbons (Fsp3) is 0. The number of nitrogens with zero attached hydrogens (tertiary/aromatic N) is 2. The Morgan fingerprint density at radius 1 is 0.312 bits per heavy atom. The van der Waals surface area contributed by atoms with E-state index in [4.69, 9.17) is 9.97 Å². The fourth-order valence-electron chi connectivity index (χ4n) is 8.25. The number of fused-ring (bicyclic) bond motifs is 10. The van der Waals surface area contributed by atoms with E-state index >= 15 is 0 Å². The first-order valence-corrected chi connectivity index (χ1v) is 16.5. The largest absolute Gasteiger partial charge is 0.256 e. The molecule has 0 bridgehead atoms. The first-order valence-electron chi connectivity index (χ1n) is 16.5. The van der Waals surface area contributed by atoms with Gasteiger partial charge in [0.2, 0.25) is 0 Å². The summed E-state index contributed by atoms with van der Waals surface area (Å²) in [6, 6.07) is 55.2. The molecular weight excluding hydrogens is 581 g/mol. The number of benzene rings is 9. The van der Waals surface area contributed by atoms with Gasteiger partial charge in [-0.15, -0.1) is 0 Å². The zero-order chi connectivity index (χ0) is 31.3. The van der Waals surface area contributed by atoms with E-state index in [1.165, 1.54) is 59.6 Å². The molecule has 0 aliphatic carbocycles. The van der Waals surface area contributed by atoms with Crippen molar-refractivity contribution in [3.8, 4) is 22.4 Å². The van der Waals surface area contributed by atoms with Crippen LogP contribution in [0.3, 0.4) is 0 Å². The van der Waals surface area contributed by atoms with Gasteiger partial charge >= 0.3 is 0 Å². The van der Waals surface area contributed by atoms with Crippen LogP contribution < -0.4 is 0 Å². The standard InChI is InChI=1S/C46H26N2/c1-3-15-37-35(13-1)36-14-2-4-16-38(36)46-42(37)43-39(22-21-29-12-7-23-47-45(29)43)44(48-46)33-11-6-10-30(24-33)34-25-31-19-17-27-8-5-9-28-18-20-32(26-34)41(31)40(27)28/h1-26H. The topological polar surface area (TPSA) is 25.8 Å². The molecule has 0 saturated carbocycles. The molecule has 48 heavy (non-hydrogen) atoms. The Balaban J connectivity index is 1.23. The average molecular weight is 607 g/mol. The molecular formula is C46H26N2. The van der Waals surface area contributed by atoms with Crippen molar-refractivity contribution < 1.29 is 0 Å². The van der Waals surface area contributed by atoms with Gasteiger partial charge < -0.3 is 0 Å². The summed E-state index contributed by atoms with van der Waals surface area (Å²) in [5.41, 5.74) is 6.47. The quantitative estimate of drug-likeness (QED) is 0.183. The van der Waals surface area contributed by atoms with Gasteiger partial charge in [0.15, 0.2) is 0 Å². The Morgan fingerprint density at radius 3 is 1.69 bits per heavy atom. The van der Waals surface area contributed by atoms with E-state index < -0.39 is 0 Å². The fourth-order valence-corrected chi connectivity index (χ4v) is 8.25. The van der Waals surface area contributed by atoms with Crippen LogP contribution in [0.5, 0.6) is 0 Å². The molecule has 220 valence electrons. The van der Waals surface area contributed by atoms with Gasteiger partial charge in [0.25, 0.3) is 0 Å². The highest BCUT2D eigenvalue weighted by molar-refractivity contribution is 6.34. The van der Waals surface area contributed by atoms with Crippen LogP contribution in [0, 0.1) is 0 Å². The predicted molar refractivity (Wildman–Crippen MR) is 204 cm³/mol. The monoisotopic (exact) mass is 606 g/mol. The number of hydrogen-bond acceptors (Lipinski definition) is 2. The molecule has 2 heteroatoms. The summed E-state index contributed by atoms with van der Waals surface area (Å²) in [4.78, 5) is 10.6. The second-order valence-corrected chi connectivity index (χ2v) is 12.9. The van der Waals surface area contributed by atoms with Crippen molar-refractivity contribution in [2.45, 2.75) is 0 Å². The van der Waals surface area contributed by atoms with Gasteiger partial charge in [-0.05, 0) is 83.9 Å². The van der Waals surface area contributed by atoms with Crippen molar-refractivity contribution in [2.75, 3.05) is 0 Å². The lowest BCUT2D eigenvalue weighted by molar-refractivity contribution is 1.42. The van der Waals surface area contributed by atoms with Crippen molar-refractivity contribution in [1.29, 1.82) is 0 Å². The molecule has 0 saturated heterocycles. The summed E-state index contributed by atoms with van der Waals surface area (Å²) in [5, 5.41) is 17.2. The highest BCUT2D eigenvalue weighted by Gasteiger charge is 2.19. The SMILES string of the molecule is c1cc(-c2cc3ccc4cccc5ccc(c2)c3c45)cc(-c2nc3c4ccccc4c4ccccc4c3c3c2ccc2cccnc23)c1. The normalized spacial score (nSPS) is 12.2. The molecule has 0 aliphatic heterocycles. The summed E-state index contributed by atoms with van der Waals surface area (Å²) in [6.07, 6.45) is 1.91. The van der Waals surface area contributed by atoms with Crippen LogP contribution in [0.15, 0.2) is 158 Å². The van der Waals surface area contributed by atoms with Crippen LogP contribution >= 0.6 is 0 Å². The van der Waals surface area contributed by atoms with Crippen LogP contribution in [0.4, 0.5) is 0 Å². The van der Waals surface area contributed by atoms with Gasteiger partial charge in [0.05, 0.1) is 16.7 Å². The number of hydrogen-bond donors (Lipinski definition) is 0. The van der Waals surface area contributed by atoms with E-state index in [1.807, 2.05) is 12.3 Å². The average Bonchev–Trinajstić information content (AvgIpc) is 3.16. The van der Waals surface area contributed by atoms with Gasteiger partial charge in [-0.3, -0.25) is 4.98 Å². The van der Waals surface area contributed by atoms with Crippen molar-refractivity contribution >= 4 is 86.4 Å². The molecule has 2 aromatic heterocycles. The van der Waals surface area contributed by atoms with Crippen LogP contribution in [0.2, 0.25) is 0 Å². The van der Waals surface area contributed by atoms with Crippen LogP contribution in [-0.2, 0) is 0 Å². The first-order chi connectivity index (χ1) is 23.8. The molecule has 11 rings (SSSR count). The Bertz CT molecular complexity index is 3050. The van der Waals surface area contributed by atoms with Gasteiger partial charge in [-0.2, -0.15) is 0 Å².